The van der Waals surface area contributed by atoms with Gasteiger partial charge in [0.2, 0.25) is 5.91 Å². The monoisotopic (exact) mass is 351 g/mol. The molecule has 1 amide bonds. The molecule has 2 aromatic rings. The highest BCUT2D eigenvalue weighted by molar-refractivity contribution is 5.78. The number of phenols is 1. The van der Waals surface area contributed by atoms with Crippen molar-refractivity contribution in [1.82, 2.24) is 5.32 Å². The van der Waals surface area contributed by atoms with E-state index >= 15 is 0 Å². The topological polar surface area (TPSA) is 49.3 Å². The molecule has 1 atom stereocenters. The van der Waals surface area contributed by atoms with Crippen LogP contribution in [0.3, 0.4) is 0 Å². The summed E-state index contributed by atoms with van der Waals surface area (Å²) in [7, 11) is 0. The van der Waals surface area contributed by atoms with E-state index in [-0.39, 0.29) is 11.8 Å². The first-order valence-electron chi connectivity index (χ1n) is 9.69. The number of carbonyl (C=O) groups excluding carboxylic acids is 1. The van der Waals surface area contributed by atoms with Crippen LogP contribution in [-0.2, 0) is 4.79 Å². The van der Waals surface area contributed by atoms with E-state index in [2.05, 4.69) is 5.32 Å². The van der Waals surface area contributed by atoms with Crippen LogP contribution in [0.2, 0.25) is 0 Å². The van der Waals surface area contributed by atoms with Gasteiger partial charge >= 0.3 is 0 Å². The molecule has 0 heterocycles. The second-order valence-corrected chi connectivity index (χ2v) is 7.52. The van der Waals surface area contributed by atoms with Crippen LogP contribution < -0.4 is 5.32 Å². The molecule has 3 heteroatoms. The molecular formula is C23H29NO2. The van der Waals surface area contributed by atoms with Gasteiger partial charge in [-0.1, -0.05) is 61.7 Å². The van der Waals surface area contributed by atoms with Crippen molar-refractivity contribution in [3.05, 3.63) is 64.7 Å². The van der Waals surface area contributed by atoms with Crippen molar-refractivity contribution in [3.63, 3.8) is 0 Å². The van der Waals surface area contributed by atoms with Crippen molar-refractivity contribution in [2.24, 2.45) is 0 Å². The second-order valence-electron chi connectivity index (χ2n) is 7.52. The Labute approximate surface area is 156 Å². The van der Waals surface area contributed by atoms with Crippen LogP contribution in [-0.4, -0.2) is 17.1 Å². The number of aryl methyl sites for hydroxylation is 1. The first kappa shape index (κ1) is 18.5. The van der Waals surface area contributed by atoms with Crippen LogP contribution in [0.5, 0.6) is 5.75 Å². The Bertz CT molecular complexity index is 748. The lowest BCUT2D eigenvalue weighted by molar-refractivity contribution is -0.122. The number of carbonyl (C=O) groups is 1. The lowest BCUT2D eigenvalue weighted by Crippen LogP contribution is -2.36. The number of aromatic hydroxyl groups is 1. The van der Waals surface area contributed by atoms with Crippen LogP contribution in [0.1, 0.15) is 66.7 Å². The summed E-state index contributed by atoms with van der Waals surface area (Å²) in [5, 5.41) is 13.9. The fraction of sp³-hybridized carbons (Fsp3) is 0.435. The van der Waals surface area contributed by atoms with E-state index in [9.17, 15) is 9.90 Å². The first-order chi connectivity index (χ1) is 12.6. The molecule has 0 aliphatic heterocycles. The fourth-order valence-electron chi connectivity index (χ4n) is 3.91. The first-order valence-corrected chi connectivity index (χ1v) is 9.69. The number of hydrogen-bond donors (Lipinski definition) is 2. The van der Waals surface area contributed by atoms with Gasteiger partial charge in [0.1, 0.15) is 5.75 Å². The molecule has 1 aliphatic rings. The standard InChI is InChI=1S/C23H29NO2/c1-16-13-14-20(23(26)17(16)2)21(18-9-5-3-6-10-18)15-22(25)24-19-11-7-4-8-12-19/h3,5-6,9-10,13-14,19,21,26H,4,7-8,11-12,15H2,1-2H3,(H,24,25). The fourth-order valence-corrected chi connectivity index (χ4v) is 3.91. The minimum Gasteiger partial charge on any atom is -0.507 e. The van der Waals surface area contributed by atoms with Gasteiger partial charge in [-0.3, -0.25) is 4.79 Å². The van der Waals surface area contributed by atoms with Gasteiger partial charge in [0.05, 0.1) is 0 Å². The third-order valence-corrected chi connectivity index (χ3v) is 5.67. The lowest BCUT2D eigenvalue weighted by atomic mass is 9.85. The van der Waals surface area contributed by atoms with E-state index in [1.54, 1.807) is 0 Å². The average Bonchev–Trinajstić information content (AvgIpc) is 2.66. The van der Waals surface area contributed by atoms with Gasteiger partial charge in [0.25, 0.3) is 0 Å². The molecule has 2 N–H and O–H groups in total. The van der Waals surface area contributed by atoms with Crippen LogP contribution in [0, 0.1) is 13.8 Å². The molecule has 0 saturated heterocycles. The maximum atomic E-state index is 12.7. The zero-order valence-corrected chi connectivity index (χ0v) is 15.8. The molecule has 26 heavy (non-hydrogen) atoms. The Hall–Kier alpha value is -2.29. The van der Waals surface area contributed by atoms with E-state index in [0.717, 1.165) is 35.1 Å². The highest BCUT2D eigenvalue weighted by atomic mass is 16.3. The Kier molecular flexibility index (Phi) is 5.97. The predicted octanol–water partition coefficient (Wildman–Crippen LogP) is 4.98. The largest absolute Gasteiger partial charge is 0.507 e. The number of benzene rings is 2. The maximum Gasteiger partial charge on any atom is 0.221 e. The molecule has 0 radical (unpaired) electrons. The third kappa shape index (κ3) is 4.27. The normalized spacial score (nSPS) is 16.2. The summed E-state index contributed by atoms with van der Waals surface area (Å²) in [6.45, 7) is 3.92. The maximum absolute atomic E-state index is 12.7. The Balaban J connectivity index is 1.85. The van der Waals surface area contributed by atoms with Gasteiger partial charge in [-0.25, -0.2) is 0 Å². The van der Waals surface area contributed by atoms with Crippen molar-refractivity contribution in [2.45, 2.75) is 64.3 Å². The molecule has 1 saturated carbocycles. The summed E-state index contributed by atoms with van der Waals surface area (Å²) in [4.78, 5) is 12.7. The van der Waals surface area contributed by atoms with Crippen LogP contribution in [0.15, 0.2) is 42.5 Å². The number of phenolic OH excluding ortho intramolecular Hbond substituents is 1. The lowest BCUT2D eigenvalue weighted by Gasteiger charge is -2.25. The molecule has 2 aromatic carbocycles. The molecule has 0 spiro atoms. The van der Waals surface area contributed by atoms with E-state index < -0.39 is 0 Å². The Morgan fingerprint density at radius 3 is 2.46 bits per heavy atom. The minimum atomic E-state index is -0.140. The zero-order valence-electron chi connectivity index (χ0n) is 15.8. The number of rotatable bonds is 5. The van der Waals surface area contributed by atoms with Crippen LogP contribution in [0.25, 0.3) is 0 Å². The number of hydrogen-bond acceptors (Lipinski definition) is 2. The van der Waals surface area contributed by atoms with Crippen molar-refractivity contribution in [2.75, 3.05) is 0 Å². The highest BCUT2D eigenvalue weighted by Gasteiger charge is 2.24. The molecule has 3 rings (SSSR count). The van der Waals surface area contributed by atoms with Gasteiger partial charge < -0.3 is 10.4 Å². The molecule has 3 nitrogen and oxygen atoms in total. The second kappa shape index (κ2) is 8.39. The zero-order chi connectivity index (χ0) is 18.5. The molecule has 138 valence electrons. The molecule has 0 bridgehead atoms. The van der Waals surface area contributed by atoms with Gasteiger partial charge in [-0.2, -0.15) is 0 Å². The van der Waals surface area contributed by atoms with Gasteiger partial charge in [0.15, 0.2) is 0 Å². The van der Waals surface area contributed by atoms with E-state index in [0.29, 0.717) is 18.2 Å². The van der Waals surface area contributed by atoms with Gasteiger partial charge in [-0.05, 0) is 43.4 Å². The summed E-state index contributed by atoms with van der Waals surface area (Å²) in [5.74, 6) is 0.242. The molecule has 0 aromatic heterocycles. The number of nitrogens with one attached hydrogen (secondary N) is 1. The van der Waals surface area contributed by atoms with Crippen molar-refractivity contribution >= 4 is 5.91 Å². The molecular weight excluding hydrogens is 322 g/mol. The Morgan fingerprint density at radius 1 is 1.08 bits per heavy atom. The van der Waals surface area contributed by atoms with Crippen LogP contribution >= 0.6 is 0 Å². The van der Waals surface area contributed by atoms with E-state index in [1.807, 2.05) is 56.3 Å². The summed E-state index contributed by atoms with van der Waals surface area (Å²) in [6.07, 6.45) is 6.19. The van der Waals surface area contributed by atoms with Crippen molar-refractivity contribution in [1.29, 1.82) is 0 Å². The smallest absolute Gasteiger partial charge is 0.221 e. The summed E-state index contributed by atoms with van der Waals surface area (Å²) >= 11 is 0. The quantitative estimate of drug-likeness (QED) is 0.798. The number of amides is 1. The van der Waals surface area contributed by atoms with Crippen LogP contribution in [0.4, 0.5) is 0 Å². The molecule has 1 fully saturated rings. The summed E-state index contributed by atoms with van der Waals surface area (Å²) in [6, 6.07) is 14.3. The highest BCUT2D eigenvalue weighted by Crippen LogP contribution is 2.37. The Morgan fingerprint density at radius 2 is 1.77 bits per heavy atom. The third-order valence-electron chi connectivity index (χ3n) is 5.67. The molecule has 1 aliphatic carbocycles. The van der Waals surface area contributed by atoms with Crippen molar-refractivity contribution < 1.29 is 9.90 Å². The van der Waals surface area contributed by atoms with Crippen molar-refractivity contribution in [3.8, 4) is 5.75 Å². The van der Waals surface area contributed by atoms with E-state index in [1.165, 1.54) is 19.3 Å². The summed E-state index contributed by atoms with van der Waals surface area (Å²) in [5.41, 5.74) is 3.84. The van der Waals surface area contributed by atoms with Gasteiger partial charge in [0, 0.05) is 23.9 Å². The predicted molar refractivity (Wildman–Crippen MR) is 105 cm³/mol. The summed E-state index contributed by atoms with van der Waals surface area (Å²) < 4.78 is 0. The van der Waals surface area contributed by atoms with E-state index in [4.69, 9.17) is 0 Å². The molecule has 1 unspecified atom stereocenters. The SMILES string of the molecule is Cc1ccc(C(CC(=O)NC2CCCCC2)c2ccccc2)c(O)c1C. The minimum absolute atomic E-state index is 0.0726. The average molecular weight is 351 g/mol. The van der Waals surface area contributed by atoms with Gasteiger partial charge in [-0.15, -0.1) is 0 Å².